The normalized spacial score (nSPS) is 11.8. The van der Waals surface area contributed by atoms with Crippen molar-refractivity contribution in [2.45, 2.75) is 0 Å². The Kier molecular flexibility index (Phi) is 15.2. The Morgan fingerprint density at radius 3 is 0.884 bits per heavy atom. The molecule has 112 heavy (non-hydrogen) atoms. The van der Waals surface area contributed by atoms with E-state index in [1.807, 2.05) is 6.07 Å². The fourth-order valence-corrected chi connectivity index (χ4v) is 17.7. The standard InChI is InChI=1S/C56H35N3.C50H31N3/c1-3-15-36(16-4-1)37-27-29-40(30-28-37)55-47-25-13-14-26-49(47)57-56(58-55)46-32-34-50(44-23-11-9-21-42(44)46)59-51-33-31-39-19-7-8-20-41(39)53(51)54-45-24-12-10-22-43(45)48(35-52(54)59)38-17-5-2-6-18-38;1-3-15-32(16-4-1)42-31-46-48(39-24-12-10-22-37(39)42)47-35-20-8-7-17-33(35)27-29-45(47)53(46)44-30-28-40(36-21-9-11-23-38(36)44)50-51-43-26-14-13-25-41(43)49(52-50)34-18-5-2-6-19-34/h1-35H;1-31H. The van der Waals surface area contributed by atoms with E-state index in [2.05, 4.69) is 403 Å². The SMILES string of the molecule is c1ccc(-c2ccc(-c3nc(-c4ccc(-n5c6ccc7ccccc7c6c6c7ccccc7c(-c7ccccc7)cc65)c5ccccc45)nc4ccccc34)cc2)cc1.c1ccc(-c2nc(-c3ccc(-n4c5ccc6ccccc6c5c5c6ccccc6c(-c6ccccc6)cc54)c4ccccc34)nc3ccccc23)cc1. The van der Waals surface area contributed by atoms with Crippen LogP contribution in [0.1, 0.15) is 0 Å². The van der Waals surface area contributed by atoms with E-state index in [9.17, 15) is 0 Å². The highest BCUT2D eigenvalue weighted by molar-refractivity contribution is 6.32. The van der Waals surface area contributed by atoms with Crippen LogP contribution in [-0.4, -0.2) is 29.1 Å². The Balaban J connectivity index is 0.000000138. The monoisotopic (exact) mass is 1420 g/mol. The molecular weight excluding hydrogens is 1360 g/mol. The summed E-state index contributed by atoms with van der Waals surface area (Å²) in [4.78, 5) is 21.1. The van der Waals surface area contributed by atoms with Crippen LogP contribution in [0, 0.1) is 0 Å². The lowest BCUT2D eigenvalue weighted by Crippen LogP contribution is -1.99. The topological polar surface area (TPSA) is 61.4 Å². The lowest BCUT2D eigenvalue weighted by atomic mass is 9.94. The van der Waals surface area contributed by atoms with Gasteiger partial charge in [0.1, 0.15) is 0 Å². The molecule has 0 amide bonds. The van der Waals surface area contributed by atoms with Crippen molar-refractivity contribution in [3.05, 3.63) is 400 Å². The van der Waals surface area contributed by atoms with Gasteiger partial charge in [-0.15, -0.1) is 0 Å². The second kappa shape index (κ2) is 26.5. The van der Waals surface area contributed by atoms with Crippen molar-refractivity contribution in [1.82, 2.24) is 29.1 Å². The third-order valence-corrected chi connectivity index (χ3v) is 22.8. The van der Waals surface area contributed by atoms with Gasteiger partial charge in [-0.25, -0.2) is 19.9 Å². The first-order chi connectivity index (χ1) is 55.6. The lowest BCUT2D eigenvalue weighted by Gasteiger charge is -2.16. The first-order valence-electron chi connectivity index (χ1n) is 38.3. The van der Waals surface area contributed by atoms with Gasteiger partial charge < -0.3 is 9.13 Å². The first-order valence-corrected chi connectivity index (χ1v) is 38.3. The van der Waals surface area contributed by atoms with E-state index in [0.29, 0.717) is 5.82 Å². The molecule has 0 N–H and O–H groups in total. The van der Waals surface area contributed by atoms with E-state index < -0.39 is 0 Å². The predicted octanol–water partition coefficient (Wildman–Crippen LogP) is 28.0. The summed E-state index contributed by atoms with van der Waals surface area (Å²) in [6, 6.07) is 144. The summed E-state index contributed by atoms with van der Waals surface area (Å²) in [6.45, 7) is 0. The Morgan fingerprint density at radius 2 is 0.464 bits per heavy atom. The maximum absolute atomic E-state index is 5.38. The molecule has 0 saturated carbocycles. The van der Waals surface area contributed by atoms with Crippen molar-refractivity contribution in [3.63, 3.8) is 0 Å². The number of hydrogen-bond donors (Lipinski definition) is 0. The summed E-state index contributed by atoms with van der Waals surface area (Å²) in [5, 5.41) is 21.6. The van der Waals surface area contributed by atoms with E-state index in [4.69, 9.17) is 19.9 Å². The molecule has 6 heteroatoms. The van der Waals surface area contributed by atoms with Gasteiger partial charge in [0, 0.05) is 65.3 Å². The zero-order chi connectivity index (χ0) is 73.7. The van der Waals surface area contributed by atoms with Gasteiger partial charge in [-0.05, 0) is 148 Å². The molecule has 0 spiro atoms. The van der Waals surface area contributed by atoms with Crippen LogP contribution in [0.2, 0.25) is 0 Å². The van der Waals surface area contributed by atoms with Crippen molar-refractivity contribution in [2.75, 3.05) is 0 Å². The zero-order valence-electron chi connectivity index (χ0n) is 60.8. The number of aromatic nitrogens is 6. The van der Waals surface area contributed by atoms with Crippen LogP contribution < -0.4 is 0 Å². The maximum Gasteiger partial charge on any atom is 0.161 e. The van der Waals surface area contributed by atoms with Crippen LogP contribution in [0.5, 0.6) is 0 Å². The van der Waals surface area contributed by atoms with Crippen molar-refractivity contribution in [3.8, 4) is 90.0 Å². The summed E-state index contributed by atoms with van der Waals surface area (Å²) in [7, 11) is 0. The predicted molar refractivity (Wildman–Crippen MR) is 471 cm³/mol. The van der Waals surface area contributed by atoms with Gasteiger partial charge in [-0.2, -0.15) is 0 Å². The molecule has 19 aromatic carbocycles. The minimum Gasteiger partial charge on any atom is -0.309 e. The van der Waals surface area contributed by atoms with E-state index >= 15 is 0 Å². The summed E-state index contributed by atoms with van der Waals surface area (Å²) < 4.78 is 4.97. The average Bonchev–Trinajstić information content (AvgIpc) is 1.55. The highest BCUT2D eigenvalue weighted by Gasteiger charge is 2.26. The summed E-state index contributed by atoms with van der Waals surface area (Å²) in [6.07, 6.45) is 0. The smallest absolute Gasteiger partial charge is 0.161 e. The van der Waals surface area contributed by atoms with Crippen LogP contribution in [-0.2, 0) is 0 Å². The van der Waals surface area contributed by atoms with Gasteiger partial charge in [-0.1, -0.05) is 340 Å². The number of para-hydroxylation sites is 2. The third kappa shape index (κ3) is 10.5. The highest BCUT2D eigenvalue weighted by atomic mass is 15.0. The van der Waals surface area contributed by atoms with Crippen LogP contribution in [0.4, 0.5) is 0 Å². The Morgan fingerprint density at radius 1 is 0.170 bits per heavy atom. The molecule has 0 aliphatic carbocycles. The molecule has 4 aromatic heterocycles. The second-order valence-corrected chi connectivity index (χ2v) is 29.0. The van der Waals surface area contributed by atoms with E-state index in [-0.39, 0.29) is 0 Å². The fraction of sp³-hybridized carbons (Fsp3) is 0. The molecule has 0 unspecified atom stereocenters. The van der Waals surface area contributed by atoms with Gasteiger partial charge in [0.05, 0.1) is 55.9 Å². The van der Waals surface area contributed by atoms with E-state index in [0.717, 1.165) is 94.2 Å². The molecule has 0 saturated heterocycles. The first kappa shape index (κ1) is 64.2. The van der Waals surface area contributed by atoms with Crippen molar-refractivity contribution in [1.29, 1.82) is 0 Å². The maximum atomic E-state index is 5.38. The van der Waals surface area contributed by atoms with Crippen molar-refractivity contribution >= 4 is 130 Å². The third-order valence-electron chi connectivity index (χ3n) is 22.8. The molecule has 0 bridgehead atoms. The van der Waals surface area contributed by atoms with E-state index in [1.54, 1.807) is 0 Å². The Bertz CT molecular complexity index is 7720. The molecule has 23 rings (SSSR count). The molecule has 0 atom stereocenters. The largest absolute Gasteiger partial charge is 0.309 e. The summed E-state index contributed by atoms with van der Waals surface area (Å²) in [5.41, 5.74) is 22.0. The highest BCUT2D eigenvalue weighted by Crippen LogP contribution is 2.49. The molecule has 6 nitrogen and oxygen atoms in total. The van der Waals surface area contributed by atoms with Crippen LogP contribution in [0.3, 0.4) is 0 Å². The van der Waals surface area contributed by atoms with Crippen molar-refractivity contribution < 1.29 is 0 Å². The lowest BCUT2D eigenvalue weighted by molar-refractivity contribution is 1.19. The average molecular weight is 1420 g/mol. The molecule has 520 valence electrons. The van der Waals surface area contributed by atoms with Crippen LogP contribution >= 0.6 is 0 Å². The zero-order valence-corrected chi connectivity index (χ0v) is 60.8. The molecular formula is C106H66N6. The number of fused-ring (bicyclic) bond motifs is 18. The molecule has 23 aromatic rings. The molecule has 4 heterocycles. The van der Waals surface area contributed by atoms with Crippen molar-refractivity contribution in [2.24, 2.45) is 0 Å². The number of benzene rings is 19. The van der Waals surface area contributed by atoms with Crippen LogP contribution in [0.15, 0.2) is 400 Å². The summed E-state index contributed by atoms with van der Waals surface area (Å²) in [5.74, 6) is 1.43. The van der Waals surface area contributed by atoms with Gasteiger partial charge >= 0.3 is 0 Å². The Hall–Kier alpha value is -15.0. The summed E-state index contributed by atoms with van der Waals surface area (Å²) >= 11 is 0. The van der Waals surface area contributed by atoms with Gasteiger partial charge in [0.25, 0.3) is 0 Å². The second-order valence-electron chi connectivity index (χ2n) is 29.0. The fourth-order valence-electron chi connectivity index (χ4n) is 17.7. The number of hydrogen-bond acceptors (Lipinski definition) is 4. The molecule has 0 fully saturated rings. The number of nitrogens with zero attached hydrogens (tertiary/aromatic N) is 6. The molecule has 0 aliphatic heterocycles. The van der Waals surface area contributed by atoms with Gasteiger partial charge in [0.2, 0.25) is 0 Å². The van der Waals surface area contributed by atoms with Crippen LogP contribution in [0.25, 0.3) is 220 Å². The van der Waals surface area contributed by atoms with E-state index in [1.165, 1.54) is 120 Å². The minimum absolute atomic E-state index is 0.708. The van der Waals surface area contributed by atoms with Gasteiger partial charge in [0.15, 0.2) is 11.6 Å². The molecule has 0 aliphatic rings. The van der Waals surface area contributed by atoms with Gasteiger partial charge in [-0.3, -0.25) is 0 Å². The molecule has 0 radical (unpaired) electrons. The quantitative estimate of drug-likeness (QED) is 0.144. The Labute approximate surface area is 645 Å². The number of rotatable bonds is 9. The minimum atomic E-state index is 0.708.